The highest BCUT2D eigenvalue weighted by atomic mass is 17.0. The first-order chi connectivity index (χ1) is 20.2. The van der Waals surface area contributed by atoms with E-state index in [9.17, 15) is 20.2 Å². The van der Waals surface area contributed by atoms with Gasteiger partial charge in [-0.1, -0.05) is 56.9 Å². The van der Waals surface area contributed by atoms with Crippen LogP contribution in [0.15, 0.2) is 48.5 Å². The third kappa shape index (κ3) is 13.2. The number of nitrogens with one attached hydrogen (secondary N) is 1. The molecule has 1 N–H and O–H groups in total. The number of ether oxygens (including phenoxy) is 2. The van der Waals surface area contributed by atoms with Crippen LogP contribution in [0.1, 0.15) is 76.0 Å². The molecule has 0 aliphatic carbocycles. The zero-order valence-electron chi connectivity index (χ0n) is 25.4. The molecule has 0 saturated heterocycles. The van der Waals surface area contributed by atoms with Crippen LogP contribution >= 0.6 is 0 Å². The molecule has 2 rings (SSSR count). The smallest absolute Gasteiger partial charge is 0.294 e. The number of methoxy groups -OCH3 is 1. The number of nitriles is 1. The van der Waals surface area contributed by atoms with Gasteiger partial charge in [-0.05, 0) is 75.0 Å². The summed E-state index contributed by atoms with van der Waals surface area (Å²) < 4.78 is 11.1. The lowest BCUT2D eigenvalue weighted by molar-refractivity contribution is -0.767. The molecule has 10 heteroatoms. The van der Waals surface area contributed by atoms with Gasteiger partial charge >= 0.3 is 0 Å². The van der Waals surface area contributed by atoms with Gasteiger partial charge in [0, 0.05) is 25.0 Å². The second-order valence-electron chi connectivity index (χ2n) is 10.7. The molecule has 2 aromatic rings. The van der Waals surface area contributed by atoms with Crippen LogP contribution in [0.25, 0.3) is 0 Å². The van der Waals surface area contributed by atoms with E-state index in [1.807, 2.05) is 24.3 Å². The van der Waals surface area contributed by atoms with Crippen molar-refractivity contribution in [2.45, 2.75) is 77.4 Å². The molecule has 1 amide bonds. The minimum absolute atomic E-state index is 0.00186. The number of amides is 1. The van der Waals surface area contributed by atoms with Crippen LogP contribution in [0.4, 0.5) is 0 Å². The Labute approximate surface area is 250 Å². The number of unbranched alkanes of at least 4 members (excludes halogenated alkanes) is 3. The van der Waals surface area contributed by atoms with Crippen LogP contribution in [0.5, 0.6) is 11.5 Å². The molecule has 0 heterocycles. The highest BCUT2D eigenvalue weighted by Gasteiger charge is 2.20. The molecule has 0 saturated carbocycles. The molecular formula is C32H46N4O6. The standard InChI is InChI=1S/C32H46N4O6/c1-5-6-7-8-11-27(22-33)16-17-31(35(3)19-18-26-12-9-14-29(20-26)40-4)28-13-10-15-30(21-28)41-24-32(37)34-23-25(2)42-36(38)39/h9-10,12-15,20-21,25,27,31H,5-8,11,16-19,23-24H2,1-4H3,(H,34,37). The van der Waals surface area contributed by atoms with E-state index in [1.165, 1.54) is 25.3 Å². The van der Waals surface area contributed by atoms with Gasteiger partial charge in [0.1, 0.15) is 17.6 Å². The second-order valence-corrected chi connectivity index (χ2v) is 10.7. The van der Waals surface area contributed by atoms with Gasteiger partial charge in [0.05, 0.1) is 13.2 Å². The molecule has 0 aliphatic rings. The average Bonchev–Trinajstić information content (AvgIpc) is 2.99. The molecule has 3 unspecified atom stereocenters. The van der Waals surface area contributed by atoms with Crippen molar-refractivity contribution in [2.24, 2.45) is 5.92 Å². The average molecular weight is 583 g/mol. The Morgan fingerprint density at radius 1 is 1.10 bits per heavy atom. The van der Waals surface area contributed by atoms with Gasteiger partial charge < -0.3 is 19.6 Å². The van der Waals surface area contributed by atoms with Gasteiger partial charge in [-0.15, -0.1) is 10.1 Å². The topological polar surface area (TPSA) is 127 Å². The molecule has 0 fully saturated rings. The number of hydrogen-bond donors (Lipinski definition) is 1. The lowest BCUT2D eigenvalue weighted by Crippen LogP contribution is -2.36. The van der Waals surface area contributed by atoms with Gasteiger partial charge in [0.25, 0.3) is 11.0 Å². The summed E-state index contributed by atoms with van der Waals surface area (Å²) in [6.07, 6.45) is 7.23. The Hall–Kier alpha value is -3.84. The van der Waals surface area contributed by atoms with Gasteiger partial charge in [-0.3, -0.25) is 9.69 Å². The van der Waals surface area contributed by atoms with Crippen molar-refractivity contribution in [1.29, 1.82) is 5.26 Å². The quantitative estimate of drug-likeness (QED) is 0.110. The van der Waals surface area contributed by atoms with Crippen molar-refractivity contribution in [3.05, 3.63) is 69.8 Å². The fourth-order valence-electron chi connectivity index (χ4n) is 4.83. The fraction of sp³-hybridized carbons (Fsp3) is 0.562. The first kappa shape index (κ1) is 34.4. The number of carbonyl (C=O) groups excluding carboxylic acids is 1. The maximum absolute atomic E-state index is 12.2. The minimum Gasteiger partial charge on any atom is -0.497 e. The Morgan fingerprint density at radius 3 is 2.57 bits per heavy atom. The van der Waals surface area contributed by atoms with E-state index < -0.39 is 17.1 Å². The molecule has 0 spiro atoms. The zero-order chi connectivity index (χ0) is 30.7. The van der Waals surface area contributed by atoms with Crippen molar-refractivity contribution in [3.63, 3.8) is 0 Å². The Kier molecular flexibility index (Phi) is 15.8. The number of nitrogens with zero attached hydrogens (tertiary/aromatic N) is 3. The van der Waals surface area contributed by atoms with E-state index in [0.29, 0.717) is 5.75 Å². The van der Waals surface area contributed by atoms with Crippen LogP contribution in [0, 0.1) is 27.4 Å². The van der Waals surface area contributed by atoms with Crippen molar-refractivity contribution in [1.82, 2.24) is 10.2 Å². The molecular weight excluding hydrogens is 536 g/mol. The highest BCUT2D eigenvalue weighted by molar-refractivity contribution is 5.77. The Balaban J connectivity index is 2.08. The SMILES string of the molecule is CCCCCCC(C#N)CCC(c1cccc(OCC(=O)NCC(C)O[N+](=O)[O-])c1)N(C)CCc1cccc(OC)c1. The van der Waals surface area contributed by atoms with Crippen LogP contribution in [-0.4, -0.2) is 55.9 Å². The molecule has 0 radical (unpaired) electrons. The summed E-state index contributed by atoms with van der Waals surface area (Å²) in [5.74, 6) is 1.01. The van der Waals surface area contributed by atoms with E-state index in [0.717, 1.165) is 56.4 Å². The zero-order valence-corrected chi connectivity index (χ0v) is 25.4. The summed E-state index contributed by atoms with van der Waals surface area (Å²) in [7, 11) is 3.77. The number of likely N-dealkylation sites (N-methyl/N-ethyl adjacent to an activating group) is 1. The van der Waals surface area contributed by atoms with Crippen molar-refractivity contribution < 1.29 is 24.2 Å². The lowest BCUT2D eigenvalue weighted by Gasteiger charge is -2.30. The molecule has 2 aromatic carbocycles. The summed E-state index contributed by atoms with van der Waals surface area (Å²) in [6, 6.07) is 18.4. The minimum atomic E-state index is -0.881. The number of benzene rings is 2. The highest BCUT2D eigenvalue weighted by Crippen LogP contribution is 2.30. The maximum atomic E-state index is 12.2. The van der Waals surface area contributed by atoms with Crippen LogP contribution in [0.2, 0.25) is 0 Å². The monoisotopic (exact) mass is 582 g/mol. The third-order valence-electron chi connectivity index (χ3n) is 7.26. The predicted molar refractivity (Wildman–Crippen MR) is 162 cm³/mol. The summed E-state index contributed by atoms with van der Waals surface area (Å²) in [5, 5.41) is 21.9. The second kappa shape index (κ2) is 19.3. The number of rotatable bonds is 21. The third-order valence-corrected chi connectivity index (χ3v) is 7.26. The predicted octanol–water partition coefficient (Wildman–Crippen LogP) is 5.89. The fourth-order valence-corrected chi connectivity index (χ4v) is 4.83. The van der Waals surface area contributed by atoms with Gasteiger partial charge in [-0.25, -0.2) is 0 Å². The van der Waals surface area contributed by atoms with E-state index in [-0.39, 0.29) is 25.1 Å². The maximum Gasteiger partial charge on any atom is 0.294 e. The van der Waals surface area contributed by atoms with Crippen molar-refractivity contribution in [3.8, 4) is 17.6 Å². The Morgan fingerprint density at radius 2 is 1.86 bits per heavy atom. The molecule has 0 aliphatic heterocycles. The molecule has 230 valence electrons. The molecule has 42 heavy (non-hydrogen) atoms. The molecule has 0 aromatic heterocycles. The number of hydrogen-bond acceptors (Lipinski definition) is 8. The van der Waals surface area contributed by atoms with E-state index in [2.05, 4.69) is 53.3 Å². The summed E-state index contributed by atoms with van der Waals surface area (Å²) in [5.41, 5.74) is 2.24. The van der Waals surface area contributed by atoms with Crippen molar-refractivity contribution in [2.75, 3.05) is 33.9 Å². The molecule has 10 nitrogen and oxygen atoms in total. The van der Waals surface area contributed by atoms with Crippen LogP contribution in [0.3, 0.4) is 0 Å². The van der Waals surface area contributed by atoms with E-state index in [1.54, 1.807) is 13.2 Å². The van der Waals surface area contributed by atoms with E-state index >= 15 is 0 Å². The van der Waals surface area contributed by atoms with Crippen LogP contribution in [-0.2, 0) is 16.1 Å². The first-order valence-corrected chi connectivity index (χ1v) is 14.8. The molecule has 0 bridgehead atoms. The summed E-state index contributed by atoms with van der Waals surface area (Å²) in [6.45, 7) is 4.28. The lowest BCUT2D eigenvalue weighted by atomic mass is 9.92. The van der Waals surface area contributed by atoms with Gasteiger partial charge in [-0.2, -0.15) is 5.26 Å². The first-order valence-electron chi connectivity index (χ1n) is 14.8. The van der Waals surface area contributed by atoms with Crippen molar-refractivity contribution >= 4 is 5.91 Å². The molecule has 3 atom stereocenters. The Bertz CT molecular complexity index is 1140. The van der Waals surface area contributed by atoms with Crippen LogP contribution < -0.4 is 14.8 Å². The summed E-state index contributed by atoms with van der Waals surface area (Å²) in [4.78, 5) is 29.4. The van der Waals surface area contributed by atoms with E-state index in [4.69, 9.17) is 9.47 Å². The van der Waals surface area contributed by atoms with Gasteiger partial charge in [0.15, 0.2) is 6.61 Å². The largest absolute Gasteiger partial charge is 0.497 e. The normalized spacial score (nSPS) is 13.0. The number of carbonyl (C=O) groups is 1. The van der Waals surface area contributed by atoms with Gasteiger partial charge in [0.2, 0.25) is 0 Å². The summed E-state index contributed by atoms with van der Waals surface area (Å²) >= 11 is 0.